The average molecular weight is 285 g/mol. The van der Waals surface area contributed by atoms with E-state index in [4.69, 9.17) is 10.9 Å². The van der Waals surface area contributed by atoms with E-state index in [1.165, 1.54) is 12.1 Å². The topological polar surface area (TPSA) is 66.3 Å². The van der Waals surface area contributed by atoms with Crippen molar-refractivity contribution in [2.75, 3.05) is 6.61 Å². The third-order valence-electron chi connectivity index (χ3n) is 4.17. The van der Waals surface area contributed by atoms with E-state index in [1.54, 1.807) is 6.07 Å². The molecule has 20 heavy (non-hydrogen) atoms. The van der Waals surface area contributed by atoms with E-state index < -0.39 is 18.4 Å². The summed E-state index contributed by atoms with van der Waals surface area (Å²) in [6, 6.07) is 4.63. The van der Waals surface area contributed by atoms with Gasteiger partial charge in [-0.2, -0.15) is 5.84 Å². The molecule has 0 amide bonds. The summed E-state index contributed by atoms with van der Waals surface area (Å²) in [5.74, 6) is 0.853. The van der Waals surface area contributed by atoms with Crippen LogP contribution in [-0.2, 0) is 5.41 Å². The first-order chi connectivity index (χ1) is 9.19. The van der Waals surface area contributed by atoms with Crippen molar-refractivity contribution < 1.29 is 18.8 Å². The lowest BCUT2D eigenvalue weighted by molar-refractivity contribution is -0.474. The van der Waals surface area contributed by atoms with Gasteiger partial charge in [0, 0.05) is 12.1 Å². The van der Waals surface area contributed by atoms with Gasteiger partial charge in [-0.05, 0) is 29.4 Å². The number of hydrazine groups is 1. The van der Waals surface area contributed by atoms with Crippen LogP contribution >= 0.6 is 0 Å². The second kappa shape index (κ2) is 4.77. The first-order valence-corrected chi connectivity index (χ1v) is 6.54. The van der Waals surface area contributed by atoms with Gasteiger partial charge in [0.05, 0.1) is 10.8 Å². The maximum absolute atomic E-state index is 13.9. The zero-order valence-electron chi connectivity index (χ0n) is 11.6. The van der Waals surface area contributed by atoms with Crippen molar-refractivity contribution in [1.82, 2.24) is 0 Å². The highest BCUT2D eigenvalue weighted by Crippen LogP contribution is 2.49. The summed E-state index contributed by atoms with van der Waals surface area (Å²) >= 11 is 0. The van der Waals surface area contributed by atoms with E-state index >= 15 is 0 Å². The molecule has 0 aliphatic heterocycles. The molecule has 1 aliphatic carbocycles. The van der Waals surface area contributed by atoms with E-state index in [9.17, 15) is 13.7 Å². The van der Waals surface area contributed by atoms with Crippen LogP contribution in [0.1, 0.15) is 43.7 Å². The fourth-order valence-corrected chi connectivity index (χ4v) is 2.94. The summed E-state index contributed by atoms with van der Waals surface area (Å²) < 4.78 is 27.9. The van der Waals surface area contributed by atoms with Gasteiger partial charge in [-0.15, -0.1) is 0 Å². The van der Waals surface area contributed by atoms with E-state index in [0.717, 1.165) is 5.56 Å². The molecule has 0 radical (unpaired) electrons. The van der Waals surface area contributed by atoms with Crippen LogP contribution in [-0.4, -0.2) is 22.5 Å². The Balaban J connectivity index is 2.59. The molecular formula is C14H19F2N2O2+. The van der Waals surface area contributed by atoms with Crippen LogP contribution in [0, 0.1) is 4.91 Å². The fraction of sp³-hybridized carbons (Fsp3) is 0.571. The van der Waals surface area contributed by atoms with Crippen LogP contribution in [0.5, 0.6) is 0 Å². The summed E-state index contributed by atoms with van der Waals surface area (Å²) in [6.45, 7) is 2.76. The van der Waals surface area contributed by atoms with Crippen molar-refractivity contribution in [3.63, 3.8) is 0 Å². The lowest BCUT2D eigenvalue weighted by Crippen LogP contribution is -2.37. The molecule has 0 aromatic heterocycles. The van der Waals surface area contributed by atoms with Gasteiger partial charge in [-0.1, -0.05) is 19.9 Å². The van der Waals surface area contributed by atoms with Crippen LogP contribution in [0.15, 0.2) is 18.2 Å². The smallest absolute Gasteiger partial charge is 0.291 e. The molecule has 0 saturated heterocycles. The molecule has 0 bridgehead atoms. The molecule has 3 N–H and O–H groups in total. The van der Waals surface area contributed by atoms with Gasteiger partial charge >= 0.3 is 0 Å². The third kappa shape index (κ3) is 2.40. The van der Waals surface area contributed by atoms with E-state index in [2.05, 4.69) is 0 Å². The molecule has 0 heterocycles. The van der Waals surface area contributed by atoms with Gasteiger partial charge in [0.15, 0.2) is 4.87 Å². The first kappa shape index (κ1) is 14.8. The van der Waals surface area contributed by atoms with Crippen molar-refractivity contribution >= 4 is 5.69 Å². The Hall–Kier alpha value is -1.56. The van der Waals surface area contributed by atoms with Crippen molar-refractivity contribution in [1.29, 1.82) is 0 Å². The van der Waals surface area contributed by atoms with Crippen molar-refractivity contribution in [2.45, 2.75) is 43.9 Å². The third-order valence-corrected chi connectivity index (χ3v) is 4.17. The molecule has 1 unspecified atom stereocenters. The average Bonchev–Trinajstić information content (AvgIpc) is 2.37. The van der Waals surface area contributed by atoms with E-state index in [-0.39, 0.29) is 22.4 Å². The zero-order valence-corrected chi connectivity index (χ0v) is 11.6. The Bertz CT molecular complexity index is 544. The second-order valence-corrected chi connectivity index (χ2v) is 5.99. The Kier molecular flexibility index (Phi) is 3.54. The number of aliphatic hydroxyl groups excluding tert-OH is 1. The number of benzene rings is 1. The monoisotopic (exact) mass is 285 g/mol. The molecule has 1 aromatic rings. The number of alkyl halides is 2. The minimum Gasteiger partial charge on any atom is -0.390 e. The number of nitroso groups, excluding NO2 is 1. The van der Waals surface area contributed by atoms with Gasteiger partial charge in [0.25, 0.3) is 11.6 Å². The highest BCUT2D eigenvalue weighted by molar-refractivity contribution is 5.47. The minimum atomic E-state index is -3.20. The number of nitrogens with zero attached hydrogens (tertiary/aromatic N) is 1. The van der Waals surface area contributed by atoms with Crippen LogP contribution in [0.2, 0.25) is 0 Å². The normalized spacial score (nSPS) is 21.4. The SMILES string of the molecule is CC1(C)CCC(C(F)(F)CO)c2cc([N+](N)=O)ccc21. The van der Waals surface area contributed by atoms with Gasteiger partial charge < -0.3 is 5.11 Å². The Morgan fingerprint density at radius 1 is 1.50 bits per heavy atom. The van der Waals surface area contributed by atoms with Crippen LogP contribution in [0.4, 0.5) is 14.5 Å². The van der Waals surface area contributed by atoms with Crippen LogP contribution in [0.3, 0.4) is 0 Å². The largest absolute Gasteiger partial charge is 0.390 e. The fourth-order valence-electron chi connectivity index (χ4n) is 2.94. The number of rotatable bonds is 3. The Morgan fingerprint density at radius 2 is 2.15 bits per heavy atom. The predicted molar refractivity (Wildman–Crippen MR) is 71.0 cm³/mol. The standard InChI is InChI=1S/C14H19F2N2O2/c1-13(2)6-5-12(14(15,16)8-19)10-7-9(18(17)20)3-4-11(10)13/h3-4,7,12,19H,5-6,8H2,1-2H3,(H2,17,20)/q+1. The minimum absolute atomic E-state index is 0.139. The van der Waals surface area contributed by atoms with Crippen molar-refractivity contribution in [3.8, 4) is 0 Å². The predicted octanol–water partition coefficient (Wildman–Crippen LogP) is 2.75. The van der Waals surface area contributed by atoms with Gasteiger partial charge in [0.2, 0.25) is 0 Å². The molecule has 110 valence electrons. The molecular weight excluding hydrogens is 266 g/mol. The summed E-state index contributed by atoms with van der Waals surface area (Å²) in [6.07, 6.45) is 0.865. The summed E-state index contributed by atoms with van der Waals surface area (Å²) in [5, 5.41) is 8.93. The van der Waals surface area contributed by atoms with Gasteiger partial charge in [0.1, 0.15) is 6.61 Å². The highest BCUT2D eigenvalue weighted by Gasteiger charge is 2.46. The maximum atomic E-state index is 13.9. The highest BCUT2D eigenvalue weighted by atomic mass is 19.3. The lowest BCUT2D eigenvalue weighted by Gasteiger charge is -2.39. The van der Waals surface area contributed by atoms with E-state index in [0.29, 0.717) is 12.0 Å². The molecule has 0 fully saturated rings. The number of aliphatic hydroxyl groups is 1. The first-order valence-electron chi connectivity index (χ1n) is 6.54. The summed E-state index contributed by atoms with van der Waals surface area (Å²) in [5.41, 5.74) is 1.09. The number of hydrogen-bond donors (Lipinski definition) is 2. The molecule has 0 spiro atoms. The van der Waals surface area contributed by atoms with Gasteiger partial charge in [-0.25, -0.2) is 8.78 Å². The quantitative estimate of drug-likeness (QED) is 0.510. The van der Waals surface area contributed by atoms with E-state index in [1.807, 2.05) is 13.8 Å². The van der Waals surface area contributed by atoms with Crippen LogP contribution < -0.4 is 5.84 Å². The molecule has 0 saturated carbocycles. The Morgan fingerprint density at radius 3 is 2.70 bits per heavy atom. The number of fused-ring (bicyclic) bond motifs is 1. The molecule has 2 rings (SSSR count). The number of nitrogens with two attached hydrogens (primary N) is 1. The van der Waals surface area contributed by atoms with Crippen LogP contribution in [0.25, 0.3) is 0 Å². The molecule has 1 aliphatic rings. The summed E-state index contributed by atoms with van der Waals surface area (Å²) in [4.78, 5) is 11.3. The summed E-state index contributed by atoms with van der Waals surface area (Å²) in [7, 11) is 0. The number of halogens is 2. The maximum Gasteiger partial charge on any atom is 0.291 e. The second-order valence-electron chi connectivity index (χ2n) is 5.99. The molecule has 1 aromatic carbocycles. The molecule has 6 heteroatoms. The van der Waals surface area contributed by atoms with Crippen molar-refractivity contribution in [2.24, 2.45) is 5.84 Å². The van der Waals surface area contributed by atoms with Gasteiger partial charge in [-0.3, -0.25) is 0 Å². The molecule has 1 atom stereocenters. The molecule has 4 nitrogen and oxygen atoms in total. The lowest BCUT2D eigenvalue weighted by atomic mass is 9.67. The zero-order chi connectivity index (χ0) is 15.1. The Labute approximate surface area is 116 Å². The number of hydrogen-bond acceptors (Lipinski definition) is 2. The van der Waals surface area contributed by atoms with Crippen molar-refractivity contribution in [3.05, 3.63) is 34.2 Å².